The Morgan fingerprint density at radius 2 is 2.00 bits per heavy atom. The van der Waals surface area contributed by atoms with Gasteiger partial charge in [0, 0.05) is 36.0 Å². The van der Waals surface area contributed by atoms with Gasteiger partial charge in [-0.1, -0.05) is 24.3 Å². The number of aliphatic hydroxyl groups is 1. The number of para-hydroxylation sites is 1. The number of hydrogen-bond acceptors (Lipinski definition) is 7. The van der Waals surface area contributed by atoms with Crippen LogP contribution in [0.5, 0.6) is 11.5 Å². The van der Waals surface area contributed by atoms with E-state index in [9.17, 15) is 4.79 Å². The highest BCUT2D eigenvalue weighted by Crippen LogP contribution is 2.38. The molecule has 1 amide bonds. The lowest BCUT2D eigenvalue weighted by molar-refractivity contribution is -0.151. The highest BCUT2D eigenvalue weighted by atomic mass is 16.7. The van der Waals surface area contributed by atoms with Crippen LogP contribution in [0.25, 0.3) is 10.9 Å². The Labute approximate surface area is 208 Å². The maximum Gasteiger partial charge on any atom is 0.286 e. The summed E-state index contributed by atoms with van der Waals surface area (Å²) in [6.07, 6.45) is 4.42. The number of hydrogen-bond donors (Lipinski definition) is 3. The van der Waals surface area contributed by atoms with Gasteiger partial charge in [0.15, 0.2) is 17.3 Å². The molecule has 3 heterocycles. The molecule has 2 aliphatic heterocycles. The van der Waals surface area contributed by atoms with Crippen LogP contribution in [0, 0.1) is 0 Å². The topological polar surface area (TPSA) is 111 Å². The molecule has 9 heteroatoms. The second-order valence-corrected chi connectivity index (χ2v) is 8.61. The van der Waals surface area contributed by atoms with E-state index in [0.29, 0.717) is 37.5 Å². The zero-order valence-corrected chi connectivity index (χ0v) is 19.9. The second-order valence-electron chi connectivity index (χ2n) is 8.61. The smallest absolute Gasteiger partial charge is 0.286 e. The molecule has 190 valence electrons. The van der Waals surface area contributed by atoms with Gasteiger partial charge in [-0.05, 0) is 41.8 Å². The van der Waals surface area contributed by atoms with Gasteiger partial charge >= 0.3 is 0 Å². The van der Waals surface area contributed by atoms with E-state index >= 15 is 0 Å². The summed E-state index contributed by atoms with van der Waals surface area (Å²) in [5.41, 5.74) is 3.20. The molecule has 2 aliphatic rings. The van der Waals surface area contributed by atoms with Crippen LogP contribution in [0.3, 0.4) is 0 Å². The third kappa shape index (κ3) is 5.64. The first-order valence-corrected chi connectivity index (χ1v) is 12.1. The third-order valence-corrected chi connectivity index (χ3v) is 6.23. The summed E-state index contributed by atoms with van der Waals surface area (Å²) in [5.74, 6) is 1.23. The lowest BCUT2D eigenvalue weighted by Crippen LogP contribution is -2.34. The molecule has 5 rings (SSSR count). The summed E-state index contributed by atoms with van der Waals surface area (Å²) in [4.78, 5) is 16.3. The number of ether oxygens (including phenoxy) is 5. The summed E-state index contributed by atoms with van der Waals surface area (Å²) < 4.78 is 28.0. The molecule has 3 N–H and O–H groups in total. The van der Waals surface area contributed by atoms with Gasteiger partial charge in [0.05, 0.1) is 26.4 Å². The lowest BCUT2D eigenvalue weighted by atomic mass is 9.92. The van der Waals surface area contributed by atoms with Crippen molar-refractivity contribution >= 4 is 16.8 Å². The van der Waals surface area contributed by atoms with Gasteiger partial charge < -0.3 is 39.1 Å². The molecular formula is C27H30N2O7. The number of carbonyl (C=O) groups excluding carboxylic acids is 1. The fourth-order valence-electron chi connectivity index (χ4n) is 4.44. The van der Waals surface area contributed by atoms with Crippen molar-refractivity contribution in [2.75, 3.05) is 39.8 Å². The number of aromatic nitrogens is 1. The van der Waals surface area contributed by atoms with Crippen molar-refractivity contribution in [2.45, 2.75) is 25.0 Å². The molecule has 0 radical (unpaired) electrons. The number of fused-ring (bicyclic) bond motifs is 2. The summed E-state index contributed by atoms with van der Waals surface area (Å²) in [6, 6.07) is 13.9. The molecule has 9 nitrogen and oxygen atoms in total. The van der Waals surface area contributed by atoms with E-state index in [4.69, 9.17) is 28.8 Å². The summed E-state index contributed by atoms with van der Waals surface area (Å²) >= 11 is 0. The van der Waals surface area contributed by atoms with E-state index in [2.05, 4.69) is 16.4 Å². The number of aromatic amines is 1. The largest absolute Gasteiger partial charge is 0.459 e. The van der Waals surface area contributed by atoms with Crippen molar-refractivity contribution in [2.24, 2.45) is 0 Å². The van der Waals surface area contributed by atoms with E-state index in [1.165, 1.54) is 0 Å². The highest BCUT2D eigenvalue weighted by Gasteiger charge is 2.29. The molecule has 0 saturated heterocycles. The highest BCUT2D eigenvalue weighted by molar-refractivity contribution is 5.91. The Kier molecular flexibility index (Phi) is 7.70. The number of carbonyl (C=O) groups is 1. The maximum absolute atomic E-state index is 13.1. The fraction of sp³-hybridized carbons (Fsp3) is 0.370. The van der Waals surface area contributed by atoms with E-state index < -0.39 is 6.29 Å². The maximum atomic E-state index is 13.1. The molecular weight excluding hydrogens is 464 g/mol. The summed E-state index contributed by atoms with van der Waals surface area (Å²) in [5, 5.41) is 13.0. The van der Waals surface area contributed by atoms with E-state index in [-0.39, 0.29) is 44.2 Å². The van der Waals surface area contributed by atoms with Gasteiger partial charge in [-0.25, -0.2) is 0 Å². The minimum atomic E-state index is -0.613. The van der Waals surface area contributed by atoms with Gasteiger partial charge in [-0.15, -0.1) is 0 Å². The fourth-order valence-corrected chi connectivity index (χ4v) is 4.44. The monoisotopic (exact) mass is 494 g/mol. The number of rotatable bonds is 11. The van der Waals surface area contributed by atoms with E-state index in [1.807, 2.05) is 48.7 Å². The van der Waals surface area contributed by atoms with Crippen LogP contribution in [-0.4, -0.2) is 62.1 Å². The van der Waals surface area contributed by atoms with Crippen LogP contribution in [0.15, 0.2) is 60.5 Å². The number of allylic oxidation sites excluding steroid dienone is 1. The van der Waals surface area contributed by atoms with Crippen LogP contribution < -0.4 is 14.8 Å². The summed E-state index contributed by atoms with van der Waals surface area (Å²) in [7, 11) is 0. The van der Waals surface area contributed by atoms with Gasteiger partial charge in [0.25, 0.3) is 5.91 Å². The second kappa shape index (κ2) is 11.5. The average Bonchev–Trinajstić information content (AvgIpc) is 3.55. The van der Waals surface area contributed by atoms with Crippen LogP contribution >= 0.6 is 0 Å². The van der Waals surface area contributed by atoms with Crippen molar-refractivity contribution in [3.05, 3.63) is 71.6 Å². The predicted octanol–water partition coefficient (Wildman–Crippen LogP) is 2.99. The molecule has 0 aliphatic carbocycles. The van der Waals surface area contributed by atoms with E-state index in [0.717, 1.165) is 22.0 Å². The van der Waals surface area contributed by atoms with Crippen molar-refractivity contribution in [1.29, 1.82) is 0 Å². The minimum absolute atomic E-state index is 0.0439. The molecule has 3 aromatic rings. The predicted molar refractivity (Wildman–Crippen MR) is 132 cm³/mol. The van der Waals surface area contributed by atoms with Gasteiger partial charge in [0.1, 0.15) is 0 Å². The zero-order valence-electron chi connectivity index (χ0n) is 19.9. The molecule has 0 bridgehead atoms. The zero-order chi connectivity index (χ0) is 24.7. The van der Waals surface area contributed by atoms with Gasteiger partial charge in [-0.2, -0.15) is 0 Å². The standard InChI is InChI=1S/C27H30N2O7/c30-9-10-32-11-12-33-26-15-20(18-5-6-23-24(13-18)35-17-34-23)14-25(36-26)27(31)28-8-7-19-16-29-22-4-2-1-3-21(19)22/h1-6,13-14,16,20,26,29-30H,7-12,15,17H2,(H,28,31)/t20-,26+/m1/s1. The van der Waals surface area contributed by atoms with Crippen LogP contribution in [0.4, 0.5) is 0 Å². The number of H-pyrrole nitrogens is 1. The lowest BCUT2D eigenvalue weighted by Gasteiger charge is -2.29. The molecule has 36 heavy (non-hydrogen) atoms. The number of benzene rings is 2. The van der Waals surface area contributed by atoms with Crippen molar-refractivity contribution in [1.82, 2.24) is 10.3 Å². The molecule has 0 spiro atoms. The summed E-state index contributed by atoms with van der Waals surface area (Å²) in [6.45, 7) is 1.48. The van der Waals surface area contributed by atoms with Gasteiger partial charge in [0.2, 0.25) is 13.1 Å². The SMILES string of the molecule is O=C(NCCc1c[nH]c2ccccc12)C1=C[C@@H](c2ccc3c(c2)OCO3)C[C@@H](OCCOCCO)O1. The molecule has 0 unspecified atom stereocenters. The quantitative estimate of drug-likeness (QED) is 0.352. The Hall–Kier alpha value is -3.53. The molecule has 2 atom stereocenters. The molecule has 0 fully saturated rings. The number of amides is 1. The first kappa shape index (κ1) is 24.2. The van der Waals surface area contributed by atoms with E-state index in [1.54, 1.807) is 0 Å². The van der Waals surface area contributed by atoms with Crippen molar-refractivity contribution in [3.63, 3.8) is 0 Å². The number of nitrogens with one attached hydrogen (secondary N) is 2. The van der Waals surface area contributed by atoms with Crippen molar-refractivity contribution < 1.29 is 33.6 Å². The van der Waals surface area contributed by atoms with Crippen LogP contribution in [-0.2, 0) is 25.4 Å². The molecule has 2 aromatic carbocycles. The van der Waals surface area contributed by atoms with Crippen LogP contribution in [0.2, 0.25) is 0 Å². The molecule has 0 saturated carbocycles. The van der Waals surface area contributed by atoms with Crippen LogP contribution in [0.1, 0.15) is 23.5 Å². The number of aliphatic hydroxyl groups excluding tert-OH is 1. The Morgan fingerprint density at radius 3 is 2.92 bits per heavy atom. The first-order valence-electron chi connectivity index (χ1n) is 12.1. The minimum Gasteiger partial charge on any atom is -0.459 e. The normalized spacial score (nSPS) is 18.6. The Balaban J connectivity index is 1.25. The Morgan fingerprint density at radius 1 is 1.11 bits per heavy atom. The van der Waals surface area contributed by atoms with Crippen molar-refractivity contribution in [3.8, 4) is 11.5 Å². The average molecular weight is 495 g/mol. The Bertz CT molecular complexity index is 1220. The first-order chi connectivity index (χ1) is 17.7. The van der Waals surface area contributed by atoms with Gasteiger partial charge in [-0.3, -0.25) is 4.79 Å². The molecule has 1 aromatic heterocycles. The third-order valence-electron chi connectivity index (χ3n) is 6.23.